The smallest absolute Gasteiger partial charge is 0.271 e. The predicted octanol–water partition coefficient (Wildman–Crippen LogP) is 1.27. The van der Waals surface area contributed by atoms with Gasteiger partial charge in [-0.3, -0.25) is 24.0 Å². The molecule has 4 N–H and O–H groups in total. The summed E-state index contributed by atoms with van der Waals surface area (Å²) in [6.45, 7) is 6.42. The molecule has 5 amide bonds. The van der Waals surface area contributed by atoms with E-state index in [9.17, 15) is 24.0 Å². The second kappa shape index (κ2) is 16.4. The van der Waals surface area contributed by atoms with E-state index in [2.05, 4.69) is 25.9 Å². The molecule has 240 valence electrons. The average molecular weight is 612 g/mol. The topological polar surface area (TPSA) is 166 Å². The van der Waals surface area contributed by atoms with Gasteiger partial charge in [0.2, 0.25) is 23.6 Å². The van der Waals surface area contributed by atoms with E-state index in [0.717, 1.165) is 5.56 Å². The van der Waals surface area contributed by atoms with Crippen molar-refractivity contribution < 1.29 is 28.7 Å². The van der Waals surface area contributed by atoms with Gasteiger partial charge in [-0.2, -0.15) is 0 Å². The Labute approximate surface area is 258 Å². The zero-order valence-electron chi connectivity index (χ0n) is 26.2. The highest BCUT2D eigenvalue weighted by Crippen LogP contribution is 2.15. The number of aromatic nitrogens is 2. The summed E-state index contributed by atoms with van der Waals surface area (Å²) in [5.41, 5.74) is 1.11. The maximum absolute atomic E-state index is 13.8. The van der Waals surface area contributed by atoms with E-state index in [1.165, 1.54) is 24.5 Å². The molecule has 1 saturated heterocycles. The van der Waals surface area contributed by atoms with Gasteiger partial charge in [0, 0.05) is 39.5 Å². The first-order chi connectivity index (χ1) is 21.0. The standard InChI is InChI=1S/C31H45N7O6/c1-20(2)16-24-29(41)36-25(17-22-9-11-23(44-5)12-10-22)30(42)37(4)21(3)28(40)33-13-7-15-38(14-6-8-27(39)35-24)31(43)26-18-32-19-34-26/h9-12,18-21,24-25H,6-8,13-17H2,1-5H3,(H,32,34)(H,33,40)(H,35,39)(H,36,41)/t21-,24+,25-/m0/s1. The first-order valence-corrected chi connectivity index (χ1v) is 15.0. The number of hydrogen-bond donors (Lipinski definition) is 4. The lowest BCUT2D eigenvalue weighted by atomic mass is 10.00. The highest BCUT2D eigenvalue weighted by Gasteiger charge is 2.32. The van der Waals surface area contributed by atoms with Crippen molar-refractivity contribution in [3.63, 3.8) is 0 Å². The molecule has 2 aromatic rings. The fourth-order valence-corrected chi connectivity index (χ4v) is 4.97. The number of likely N-dealkylation sites (N-methyl/N-ethyl adjacent to an activating group) is 1. The number of benzene rings is 1. The third kappa shape index (κ3) is 9.81. The minimum Gasteiger partial charge on any atom is -0.497 e. The van der Waals surface area contributed by atoms with E-state index in [1.54, 1.807) is 31.1 Å². The molecule has 3 rings (SSSR count). The Balaban J connectivity index is 1.86. The average Bonchev–Trinajstić information content (AvgIpc) is 3.55. The van der Waals surface area contributed by atoms with Crippen molar-refractivity contribution >= 4 is 29.5 Å². The predicted molar refractivity (Wildman–Crippen MR) is 164 cm³/mol. The largest absolute Gasteiger partial charge is 0.497 e. The summed E-state index contributed by atoms with van der Waals surface area (Å²) in [6.07, 6.45) is 4.33. The summed E-state index contributed by atoms with van der Waals surface area (Å²) in [7, 11) is 3.09. The monoisotopic (exact) mass is 611 g/mol. The molecule has 1 aromatic heterocycles. The van der Waals surface area contributed by atoms with Crippen molar-refractivity contribution in [1.29, 1.82) is 0 Å². The molecule has 0 unspecified atom stereocenters. The zero-order chi connectivity index (χ0) is 32.2. The number of rotatable bonds is 6. The number of imidazole rings is 1. The molecule has 1 fully saturated rings. The highest BCUT2D eigenvalue weighted by atomic mass is 16.5. The van der Waals surface area contributed by atoms with Gasteiger partial charge in [-0.25, -0.2) is 4.98 Å². The first-order valence-electron chi connectivity index (χ1n) is 15.0. The minimum atomic E-state index is -0.983. The second-order valence-corrected chi connectivity index (χ2v) is 11.5. The number of hydrogen-bond acceptors (Lipinski definition) is 7. The van der Waals surface area contributed by atoms with E-state index in [1.807, 2.05) is 26.0 Å². The van der Waals surface area contributed by atoms with Crippen LogP contribution in [0.5, 0.6) is 5.75 Å². The molecule has 0 radical (unpaired) electrons. The molecule has 13 nitrogen and oxygen atoms in total. The fraction of sp³-hybridized carbons (Fsp3) is 0.548. The molecular formula is C31H45N7O6. The molecule has 0 aliphatic carbocycles. The van der Waals surface area contributed by atoms with E-state index in [4.69, 9.17) is 4.74 Å². The van der Waals surface area contributed by atoms with Crippen LogP contribution in [0.2, 0.25) is 0 Å². The number of nitrogens with zero attached hydrogens (tertiary/aromatic N) is 3. The van der Waals surface area contributed by atoms with Crippen LogP contribution in [-0.2, 0) is 25.6 Å². The lowest BCUT2D eigenvalue weighted by Crippen LogP contribution is -2.57. The Bertz CT molecular complexity index is 1260. The lowest BCUT2D eigenvalue weighted by molar-refractivity contribution is -0.141. The van der Waals surface area contributed by atoms with Crippen molar-refractivity contribution in [1.82, 2.24) is 35.7 Å². The van der Waals surface area contributed by atoms with Crippen LogP contribution in [0.1, 0.15) is 62.5 Å². The summed E-state index contributed by atoms with van der Waals surface area (Å²) >= 11 is 0. The normalized spacial score (nSPS) is 21.6. The summed E-state index contributed by atoms with van der Waals surface area (Å²) in [4.78, 5) is 76.1. The molecule has 0 saturated carbocycles. The number of methoxy groups -OCH3 is 1. The van der Waals surface area contributed by atoms with Crippen molar-refractivity contribution in [3.8, 4) is 5.75 Å². The van der Waals surface area contributed by atoms with Crippen LogP contribution in [0, 0.1) is 5.92 Å². The minimum absolute atomic E-state index is 0.0774. The van der Waals surface area contributed by atoms with Crippen molar-refractivity contribution in [3.05, 3.63) is 48.0 Å². The third-order valence-corrected chi connectivity index (χ3v) is 7.63. The molecule has 0 bridgehead atoms. The molecule has 44 heavy (non-hydrogen) atoms. The number of nitrogens with one attached hydrogen (secondary N) is 4. The second-order valence-electron chi connectivity index (χ2n) is 11.5. The van der Waals surface area contributed by atoms with Gasteiger partial charge in [-0.1, -0.05) is 26.0 Å². The molecular weight excluding hydrogens is 566 g/mol. The van der Waals surface area contributed by atoms with E-state index in [0.29, 0.717) is 43.8 Å². The van der Waals surface area contributed by atoms with Crippen LogP contribution in [0.15, 0.2) is 36.8 Å². The highest BCUT2D eigenvalue weighted by molar-refractivity contribution is 5.94. The number of carbonyl (C=O) groups excluding carboxylic acids is 5. The molecule has 1 aliphatic heterocycles. The maximum atomic E-state index is 13.8. The van der Waals surface area contributed by atoms with Crippen molar-refractivity contribution in [2.24, 2.45) is 5.92 Å². The number of H-pyrrole nitrogens is 1. The van der Waals surface area contributed by atoms with Crippen molar-refractivity contribution in [2.45, 2.75) is 71.0 Å². The number of ether oxygens (including phenoxy) is 1. The number of carbonyl (C=O) groups is 5. The Morgan fingerprint density at radius 1 is 1.02 bits per heavy atom. The van der Waals surface area contributed by atoms with Crippen LogP contribution >= 0.6 is 0 Å². The van der Waals surface area contributed by atoms with Gasteiger partial charge < -0.3 is 35.5 Å². The van der Waals surface area contributed by atoms with Gasteiger partial charge in [-0.15, -0.1) is 0 Å². The van der Waals surface area contributed by atoms with Crippen molar-refractivity contribution in [2.75, 3.05) is 33.8 Å². The summed E-state index contributed by atoms with van der Waals surface area (Å²) < 4.78 is 5.23. The number of aromatic amines is 1. The number of amides is 5. The molecule has 13 heteroatoms. The van der Waals surface area contributed by atoms with E-state index < -0.39 is 29.9 Å². The quantitative estimate of drug-likeness (QED) is 0.382. The van der Waals surface area contributed by atoms with Crippen LogP contribution in [0.4, 0.5) is 0 Å². The Hall–Kier alpha value is -4.42. The SMILES string of the molecule is COc1ccc(C[C@@H]2NC(=O)[C@@H](CC(C)C)NC(=O)CCCN(C(=O)c3cnc[nH]3)CCCNC(=O)[C@H](C)N(C)C2=O)cc1. The molecule has 1 aliphatic rings. The molecule has 1 aromatic carbocycles. The van der Waals surface area contributed by atoms with Crippen LogP contribution in [-0.4, -0.2) is 101 Å². The summed E-state index contributed by atoms with van der Waals surface area (Å²) in [5.74, 6) is -1.13. The fourth-order valence-electron chi connectivity index (χ4n) is 4.97. The van der Waals surface area contributed by atoms with Crippen LogP contribution in [0.3, 0.4) is 0 Å². The summed E-state index contributed by atoms with van der Waals surface area (Å²) in [5, 5.41) is 8.54. The maximum Gasteiger partial charge on any atom is 0.271 e. The van der Waals surface area contributed by atoms with Gasteiger partial charge in [-0.05, 0) is 49.8 Å². The van der Waals surface area contributed by atoms with Gasteiger partial charge in [0.05, 0.1) is 19.6 Å². The van der Waals surface area contributed by atoms with Crippen LogP contribution < -0.4 is 20.7 Å². The third-order valence-electron chi connectivity index (χ3n) is 7.63. The van der Waals surface area contributed by atoms with Crippen LogP contribution in [0.25, 0.3) is 0 Å². The van der Waals surface area contributed by atoms with E-state index in [-0.39, 0.29) is 43.0 Å². The van der Waals surface area contributed by atoms with E-state index >= 15 is 0 Å². The Morgan fingerprint density at radius 2 is 1.73 bits per heavy atom. The van der Waals surface area contributed by atoms with Gasteiger partial charge >= 0.3 is 0 Å². The first kappa shape index (κ1) is 34.1. The van der Waals surface area contributed by atoms with Gasteiger partial charge in [0.25, 0.3) is 5.91 Å². The Morgan fingerprint density at radius 3 is 2.36 bits per heavy atom. The lowest BCUT2D eigenvalue weighted by Gasteiger charge is -2.30. The summed E-state index contributed by atoms with van der Waals surface area (Å²) in [6, 6.07) is 4.49. The van der Waals surface area contributed by atoms with Gasteiger partial charge in [0.1, 0.15) is 29.6 Å². The Kier molecular flexibility index (Phi) is 12.7. The van der Waals surface area contributed by atoms with Gasteiger partial charge in [0.15, 0.2) is 0 Å². The zero-order valence-corrected chi connectivity index (χ0v) is 26.2. The molecule has 2 heterocycles. The molecule has 0 spiro atoms. The molecule has 3 atom stereocenters.